The van der Waals surface area contributed by atoms with Crippen LogP contribution in [0.25, 0.3) is 22.7 Å². The number of nitrogen functional groups attached to an aromatic ring is 1. The zero-order valence-electron chi connectivity index (χ0n) is 21.3. The quantitative estimate of drug-likeness (QED) is 0.140. The van der Waals surface area contributed by atoms with E-state index in [1.165, 1.54) is 6.33 Å². The van der Waals surface area contributed by atoms with Crippen LogP contribution in [0.3, 0.4) is 0 Å². The molecule has 11 heteroatoms. The molecule has 0 atom stereocenters. The van der Waals surface area contributed by atoms with Crippen molar-refractivity contribution in [1.82, 2.24) is 9.97 Å². The van der Waals surface area contributed by atoms with E-state index in [-0.39, 0.29) is 17.1 Å². The summed E-state index contributed by atoms with van der Waals surface area (Å²) in [7, 11) is 0. The Morgan fingerprint density at radius 2 is 1.65 bits per heavy atom. The van der Waals surface area contributed by atoms with Gasteiger partial charge in [-0.25, -0.2) is 31.9 Å². The number of rotatable bonds is 5. The summed E-state index contributed by atoms with van der Waals surface area (Å²) in [5, 5.41) is 5.89. The standard InChI is InChI=1S/C29H22F5N5O/c1-3-14-6-4-7-15-16(25(14)38-27-22(33)20(31)19(30)21(32)23(27)34)11-10-13(2)24(15)39-29(40)18-9-5-8-17-26(18)36-12-37-28(17)35/h4-5,7-12,38H,3,6H2,1-2H3,(H,39,40)(H2,35,36,37). The molecule has 0 saturated carbocycles. The molecule has 6 nitrogen and oxygen atoms in total. The lowest BCUT2D eigenvalue weighted by Crippen LogP contribution is -2.16. The number of carbonyl (C=O) groups is 1. The molecule has 0 spiro atoms. The SMILES string of the molecule is CCC1=C(Nc2c(F)c(F)c(F)c(F)c2F)c2ccc(C)c(NC(=O)c3cccc4c(N)ncnc34)c2C=CC1. The van der Waals surface area contributed by atoms with Crippen molar-refractivity contribution in [3.63, 3.8) is 0 Å². The van der Waals surface area contributed by atoms with E-state index in [4.69, 9.17) is 5.73 Å². The molecule has 0 fully saturated rings. The summed E-state index contributed by atoms with van der Waals surface area (Å²) in [6.07, 6.45) is 5.53. The first-order valence-electron chi connectivity index (χ1n) is 12.3. The average Bonchev–Trinajstić information content (AvgIpc) is 3.13. The molecule has 0 saturated heterocycles. The van der Waals surface area contributed by atoms with Crippen molar-refractivity contribution in [2.75, 3.05) is 16.4 Å². The lowest BCUT2D eigenvalue weighted by molar-refractivity contribution is 0.102. The maximum Gasteiger partial charge on any atom is 0.257 e. The number of carbonyl (C=O) groups excluding carboxylic acids is 1. The van der Waals surface area contributed by atoms with Crippen LogP contribution in [0.1, 0.15) is 46.8 Å². The number of aromatic nitrogens is 2. The van der Waals surface area contributed by atoms with E-state index in [1.807, 2.05) is 0 Å². The second-order valence-corrected chi connectivity index (χ2v) is 9.14. The fraction of sp³-hybridized carbons (Fsp3) is 0.138. The average molecular weight is 552 g/mol. The summed E-state index contributed by atoms with van der Waals surface area (Å²) in [4.78, 5) is 21.6. The summed E-state index contributed by atoms with van der Waals surface area (Å²) < 4.78 is 70.9. The van der Waals surface area contributed by atoms with Crippen molar-refractivity contribution < 1.29 is 26.7 Å². The number of hydrogen-bond donors (Lipinski definition) is 3. The monoisotopic (exact) mass is 551 g/mol. The molecule has 0 radical (unpaired) electrons. The van der Waals surface area contributed by atoms with Crippen LogP contribution in [0.4, 0.5) is 39.1 Å². The van der Waals surface area contributed by atoms with Gasteiger partial charge in [-0.15, -0.1) is 0 Å². The van der Waals surface area contributed by atoms with Crippen LogP contribution >= 0.6 is 0 Å². The van der Waals surface area contributed by atoms with Crippen LogP contribution in [0, 0.1) is 36.0 Å². The molecule has 204 valence electrons. The highest BCUT2D eigenvalue weighted by molar-refractivity contribution is 6.14. The molecule has 0 bridgehead atoms. The number of fused-ring (bicyclic) bond motifs is 2. The maximum atomic E-state index is 14.6. The summed E-state index contributed by atoms with van der Waals surface area (Å²) in [5.74, 6) is -10.6. The molecule has 1 amide bonds. The zero-order valence-corrected chi connectivity index (χ0v) is 21.3. The minimum absolute atomic E-state index is 0.173. The fourth-order valence-corrected chi connectivity index (χ4v) is 4.69. The van der Waals surface area contributed by atoms with Gasteiger partial charge in [0.05, 0.1) is 16.8 Å². The summed E-state index contributed by atoms with van der Waals surface area (Å²) in [5.41, 5.74) is 8.15. The molecule has 1 heterocycles. The number of aryl methyl sites for hydroxylation is 1. The van der Waals surface area contributed by atoms with Gasteiger partial charge in [0.15, 0.2) is 23.3 Å². The van der Waals surface area contributed by atoms with E-state index in [2.05, 4.69) is 20.6 Å². The Kier molecular flexibility index (Phi) is 6.97. The van der Waals surface area contributed by atoms with Gasteiger partial charge in [-0.1, -0.05) is 37.3 Å². The molecule has 40 heavy (non-hydrogen) atoms. The third kappa shape index (κ3) is 4.42. The lowest BCUT2D eigenvalue weighted by atomic mass is 9.96. The molecule has 5 rings (SSSR count). The van der Waals surface area contributed by atoms with Gasteiger partial charge in [-0.3, -0.25) is 4.79 Å². The van der Waals surface area contributed by atoms with E-state index < -0.39 is 40.7 Å². The number of nitrogens with zero attached hydrogens (tertiary/aromatic N) is 2. The zero-order chi connectivity index (χ0) is 28.7. The predicted molar refractivity (Wildman–Crippen MR) is 144 cm³/mol. The highest BCUT2D eigenvalue weighted by Crippen LogP contribution is 2.39. The molecule has 3 aromatic carbocycles. The van der Waals surface area contributed by atoms with Crippen molar-refractivity contribution in [3.8, 4) is 0 Å². The third-order valence-corrected chi connectivity index (χ3v) is 6.79. The first kappa shape index (κ1) is 26.8. The second-order valence-electron chi connectivity index (χ2n) is 9.14. The van der Waals surface area contributed by atoms with Gasteiger partial charge in [0, 0.05) is 22.2 Å². The smallest absolute Gasteiger partial charge is 0.257 e. The van der Waals surface area contributed by atoms with Gasteiger partial charge in [0.25, 0.3) is 5.91 Å². The molecular weight excluding hydrogens is 529 g/mol. The number of benzene rings is 3. The second kappa shape index (κ2) is 10.4. The van der Waals surface area contributed by atoms with Gasteiger partial charge in [0.2, 0.25) is 5.82 Å². The Bertz CT molecular complexity index is 1740. The number of para-hydroxylation sites is 1. The highest BCUT2D eigenvalue weighted by atomic mass is 19.2. The molecule has 0 unspecified atom stereocenters. The van der Waals surface area contributed by atoms with Crippen molar-refractivity contribution in [3.05, 3.63) is 99.6 Å². The number of halogens is 5. The predicted octanol–water partition coefficient (Wildman–Crippen LogP) is 7.12. The summed E-state index contributed by atoms with van der Waals surface area (Å²) in [6, 6.07) is 8.27. The summed E-state index contributed by atoms with van der Waals surface area (Å²) in [6.45, 7) is 3.57. The Morgan fingerprint density at radius 1 is 0.950 bits per heavy atom. The van der Waals surface area contributed by atoms with Crippen molar-refractivity contribution in [2.24, 2.45) is 0 Å². The number of allylic oxidation sites excluding steroid dienone is 2. The van der Waals surface area contributed by atoms with Gasteiger partial charge in [-0.2, -0.15) is 0 Å². The molecule has 1 aliphatic carbocycles. The Hall–Kier alpha value is -4.80. The Labute approximate surface area is 225 Å². The highest BCUT2D eigenvalue weighted by Gasteiger charge is 2.28. The molecule has 4 N–H and O–H groups in total. The van der Waals surface area contributed by atoms with E-state index in [0.717, 1.165) is 0 Å². The normalized spacial score (nSPS) is 12.9. The lowest BCUT2D eigenvalue weighted by Gasteiger charge is -2.21. The summed E-state index contributed by atoms with van der Waals surface area (Å²) >= 11 is 0. The molecular formula is C29H22F5N5O. The number of hydrogen-bond acceptors (Lipinski definition) is 5. The molecule has 1 aromatic heterocycles. The first-order chi connectivity index (χ1) is 19.1. The van der Waals surface area contributed by atoms with Gasteiger partial charge < -0.3 is 16.4 Å². The number of anilines is 3. The maximum absolute atomic E-state index is 14.6. The third-order valence-electron chi connectivity index (χ3n) is 6.79. The van der Waals surface area contributed by atoms with E-state index >= 15 is 0 Å². The molecule has 1 aliphatic rings. The minimum atomic E-state index is -2.24. The first-order valence-corrected chi connectivity index (χ1v) is 12.3. The minimum Gasteiger partial charge on any atom is -0.383 e. The van der Waals surface area contributed by atoms with E-state index in [1.54, 1.807) is 56.3 Å². The van der Waals surface area contributed by atoms with Crippen LogP contribution < -0.4 is 16.4 Å². The van der Waals surface area contributed by atoms with Crippen LogP contribution in [0.15, 0.2) is 48.3 Å². The van der Waals surface area contributed by atoms with Gasteiger partial charge in [0.1, 0.15) is 17.8 Å². The molecule has 0 aliphatic heterocycles. The van der Waals surface area contributed by atoms with Crippen LogP contribution in [-0.4, -0.2) is 15.9 Å². The number of nitrogens with one attached hydrogen (secondary N) is 2. The number of nitrogens with two attached hydrogens (primary N) is 1. The van der Waals surface area contributed by atoms with Crippen LogP contribution in [-0.2, 0) is 0 Å². The van der Waals surface area contributed by atoms with Crippen molar-refractivity contribution in [2.45, 2.75) is 26.7 Å². The topological polar surface area (TPSA) is 92.9 Å². The van der Waals surface area contributed by atoms with E-state index in [9.17, 15) is 26.7 Å². The van der Waals surface area contributed by atoms with Crippen LogP contribution in [0.5, 0.6) is 0 Å². The Balaban J connectivity index is 1.62. The van der Waals surface area contributed by atoms with E-state index in [0.29, 0.717) is 51.7 Å². The Morgan fingerprint density at radius 3 is 2.35 bits per heavy atom. The largest absolute Gasteiger partial charge is 0.383 e. The van der Waals surface area contributed by atoms with Gasteiger partial charge >= 0.3 is 0 Å². The van der Waals surface area contributed by atoms with Gasteiger partial charge in [-0.05, 0) is 43.0 Å². The van der Waals surface area contributed by atoms with Crippen molar-refractivity contribution in [1.29, 1.82) is 0 Å². The molecule has 4 aromatic rings. The van der Waals surface area contributed by atoms with Crippen molar-refractivity contribution >= 4 is 45.8 Å². The fourth-order valence-electron chi connectivity index (χ4n) is 4.69. The van der Waals surface area contributed by atoms with Crippen LogP contribution in [0.2, 0.25) is 0 Å². The number of amides is 1.